The Kier molecular flexibility index (Phi) is 7.49. The van der Waals surface area contributed by atoms with Gasteiger partial charge >= 0.3 is 0 Å². The van der Waals surface area contributed by atoms with Crippen molar-refractivity contribution < 1.29 is 4.39 Å². The Morgan fingerprint density at radius 1 is 1.16 bits per heavy atom. The van der Waals surface area contributed by atoms with Crippen LogP contribution >= 0.6 is 0 Å². The zero-order valence-electron chi connectivity index (χ0n) is 12.5. The molecule has 0 amide bonds. The number of unbranched alkanes of at least 4 members (excludes halogenated alkanes) is 2. The molecule has 1 aromatic carbocycles. The monoisotopic (exact) mass is 266 g/mol. The van der Waals surface area contributed by atoms with Gasteiger partial charge in [-0.3, -0.25) is 0 Å². The Hall–Kier alpha value is -1.09. The largest absolute Gasteiger partial charge is 0.372 e. The average molecular weight is 266 g/mol. The Labute approximate surface area is 117 Å². The molecular weight excluding hydrogens is 239 g/mol. The van der Waals surface area contributed by atoms with Crippen LogP contribution in [0.5, 0.6) is 0 Å². The highest BCUT2D eigenvalue weighted by molar-refractivity contribution is 5.48. The van der Waals surface area contributed by atoms with E-state index < -0.39 is 0 Å². The quantitative estimate of drug-likeness (QED) is 0.681. The third-order valence-corrected chi connectivity index (χ3v) is 3.28. The zero-order valence-corrected chi connectivity index (χ0v) is 12.5. The second-order valence-electron chi connectivity index (χ2n) is 5.09. The van der Waals surface area contributed by atoms with Crippen molar-refractivity contribution in [3.05, 3.63) is 29.6 Å². The highest BCUT2D eigenvalue weighted by atomic mass is 19.1. The molecule has 0 aliphatic rings. The smallest absolute Gasteiger partial charge is 0.146 e. The first-order valence-electron chi connectivity index (χ1n) is 7.39. The first-order valence-corrected chi connectivity index (χ1v) is 7.39. The molecule has 0 bridgehead atoms. The predicted octanol–water partition coefficient (Wildman–Crippen LogP) is 3.95. The fourth-order valence-corrected chi connectivity index (χ4v) is 2.10. The summed E-state index contributed by atoms with van der Waals surface area (Å²) in [5.74, 6) is -0.116. The third kappa shape index (κ3) is 5.60. The standard InChI is InChI=1S/C16H27FN2/c1-4-6-7-11-19(3)16-9-8-14(12-15(16)17)13-18-10-5-2/h8-9,12,18H,4-7,10-11,13H2,1-3H3. The normalized spacial score (nSPS) is 10.7. The molecular formula is C16H27FN2. The topological polar surface area (TPSA) is 15.3 Å². The van der Waals surface area contributed by atoms with Crippen molar-refractivity contribution in [3.8, 4) is 0 Å². The number of nitrogens with one attached hydrogen (secondary N) is 1. The van der Waals surface area contributed by atoms with Crippen molar-refractivity contribution in [2.24, 2.45) is 0 Å². The maximum absolute atomic E-state index is 14.0. The highest BCUT2D eigenvalue weighted by Gasteiger charge is 2.08. The fraction of sp³-hybridized carbons (Fsp3) is 0.625. The molecule has 0 spiro atoms. The maximum atomic E-state index is 14.0. The summed E-state index contributed by atoms with van der Waals surface area (Å²) in [6.45, 7) is 6.93. The van der Waals surface area contributed by atoms with E-state index in [9.17, 15) is 4.39 Å². The number of hydrogen-bond donors (Lipinski definition) is 1. The third-order valence-electron chi connectivity index (χ3n) is 3.28. The maximum Gasteiger partial charge on any atom is 0.146 e. The second-order valence-corrected chi connectivity index (χ2v) is 5.09. The van der Waals surface area contributed by atoms with Crippen LogP contribution in [-0.4, -0.2) is 20.1 Å². The van der Waals surface area contributed by atoms with E-state index >= 15 is 0 Å². The van der Waals surface area contributed by atoms with Crippen LogP contribution in [0.1, 0.15) is 45.1 Å². The molecule has 108 valence electrons. The Bertz CT molecular complexity index is 366. The molecule has 19 heavy (non-hydrogen) atoms. The fourth-order valence-electron chi connectivity index (χ4n) is 2.10. The zero-order chi connectivity index (χ0) is 14.1. The molecule has 0 aliphatic carbocycles. The van der Waals surface area contributed by atoms with Crippen molar-refractivity contribution in [1.82, 2.24) is 5.32 Å². The lowest BCUT2D eigenvalue weighted by Gasteiger charge is -2.20. The van der Waals surface area contributed by atoms with Crippen molar-refractivity contribution in [3.63, 3.8) is 0 Å². The molecule has 3 heteroatoms. The minimum atomic E-state index is -0.116. The molecule has 0 radical (unpaired) electrons. The van der Waals surface area contributed by atoms with Crippen LogP contribution < -0.4 is 10.2 Å². The lowest BCUT2D eigenvalue weighted by atomic mass is 10.1. The van der Waals surface area contributed by atoms with E-state index in [-0.39, 0.29) is 5.82 Å². The van der Waals surface area contributed by atoms with Crippen LogP contribution in [0.15, 0.2) is 18.2 Å². The predicted molar refractivity (Wildman–Crippen MR) is 81.2 cm³/mol. The van der Waals surface area contributed by atoms with Crippen molar-refractivity contribution >= 4 is 5.69 Å². The van der Waals surface area contributed by atoms with Gasteiger partial charge in [0.25, 0.3) is 0 Å². The molecule has 0 fully saturated rings. The summed E-state index contributed by atoms with van der Waals surface area (Å²) in [5.41, 5.74) is 1.71. The first kappa shape index (κ1) is 16.0. The Morgan fingerprint density at radius 3 is 2.58 bits per heavy atom. The summed E-state index contributed by atoms with van der Waals surface area (Å²) >= 11 is 0. The number of benzene rings is 1. The number of anilines is 1. The SMILES string of the molecule is CCCCCN(C)c1ccc(CNCCC)cc1F. The van der Waals surface area contributed by atoms with Crippen LogP contribution in [0.4, 0.5) is 10.1 Å². The minimum Gasteiger partial charge on any atom is -0.372 e. The summed E-state index contributed by atoms with van der Waals surface area (Å²) in [7, 11) is 1.96. The van der Waals surface area contributed by atoms with Gasteiger partial charge < -0.3 is 10.2 Å². The van der Waals surface area contributed by atoms with Crippen LogP contribution in [-0.2, 0) is 6.54 Å². The summed E-state index contributed by atoms with van der Waals surface area (Å²) in [5, 5.41) is 3.29. The number of halogens is 1. The van der Waals surface area contributed by atoms with Gasteiger partial charge in [0.1, 0.15) is 5.82 Å². The minimum absolute atomic E-state index is 0.116. The van der Waals surface area contributed by atoms with Crippen LogP contribution in [0, 0.1) is 5.82 Å². The van der Waals surface area contributed by atoms with Gasteiger partial charge in [0.05, 0.1) is 5.69 Å². The van der Waals surface area contributed by atoms with Gasteiger partial charge in [-0.2, -0.15) is 0 Å². The summed E-state index contributed by atoms with van der Waals surface area (Å²) in [4.78, 5) is 2.01. The molecule has 0 unspecified atom stereocenters. The van der Waals surface area contributed by atoms with Crippen molar-refractivity contribution in [2.45, 2.75) is 46.1 Å². The van der Waals surface area contributed by atoms with Gasteiger partial charge in [0, 0.05) is 20.1 Å². The number of nitrogens with zero attached hydrogens (tertiary/aromatic N) is 1. The van der Waals surface area contributed by atoms with E-state index in [4.69, 9.17) is 0 Å². The number of rotatable bonds is 9. The van der Waals surface area contributed by atoms with Gasteiger partial charge in [-0.15, -0.1) is 0 Å². The van der Waals surface area contributed by atoms with Crippen molar-refractivity contribution in [2.75, 3.05) is 25.0 Å². The molecule has 0 aliphatic heterocycles. The summed E-state index contributed by atoms with van der Waals surface area (Å²) in [6, 6.07) is 5.55. The van der Waals surface area contributed by atoms with Gasteiger partial charge in [-0.1, -0.05) is 32.8 Å². The van der Waals surface area contributed by atoms with Gasteiger partial charge in [-0.25, -0.2) is 4.39 Å². The Balaban J connectivity index is 2.55. The Morgan fingerprint density at radius 2 is 1.95 bits per heavy atom. The van der Waals surface area contributed by atoms with E-state index in [1.165, 1.54) is 12.8 Å². The lowest BCUT2D eigenvalue weighted by molar-refractivity contribution is 0.610. The second kappa shape index (κ2) is 8.92. The van der Waals surface area contributed by atoms with Crippen molar-refractivity contribution in [1.29, 1.82) is 0 Å². The van der Waals surface area contributed by atoms with Gasteiger partial charge in [0.2, 0.25) is 0 Å². The van der Waals surface area contributed by atoms with E-state index in [0.29, 0.717) is 5.69 Å². The summed E-state index contributed by atoms with van der Waals surface area (Å²) in [6.07, 6.45) is 4.61. The molecule has 0 saturated heterocycles. The molecule has 1 N–H and O–H groups in total. The molecule has 0 saturated carbocycles. The van der Waals surface area contributed by atoms with Crippen LogP contribution in [0.25, 0.3) is 0 Å². The van der Waals surface area contributed by atoms with E-state index in [1.807, 2.05) is 24.1 Å². The van der Waals surface area contributed by atoms with E-state index in [0.717, 1.165) is 38.0 Å². The molecule has 0 aromatic heterocycles. The molecule has 1 aromatic rings. The molecule has 0 atom stereocenters. The first-order chi connectivity index (χ1) is 9.19. The van der Waals surface area contributed by atoms with Gasteiger partial charge in [0.15, 0.2) is 0 Å². The van der Waals surface area contributed by atoms with Gasteiger partial charge in [-0.05, 0) is 37.1 Å². The lowest BCUT2D eigenvalue weighted by Crippen LogP contribution is -2.20. The molecule has 2 nitrogen and oxygen atoms in total. The molecule has 0 heterocycles. The number of hydrogen-bond acceptors (Lipinski definition) is 2. The van der Waals surface area contributed by atoms with E-state index in [2.05, 4.69) is 19.2 Å². The van der Waals surface area contributed by atoms with Crippen LogP contribution in [0.2, 0.25) is 0 Å². The average Bonchev–Trinajstić information content (AvgIpc) is 2.39. The van der Waals surface area contributed by atoms with E-state index in [1.54, 1.807) is 6.07 Å². The summed E-state index contributed by atoms with van der Waals surface area (Å²) < 4.78 is 14.0. The highest BCUT2D eigenvalue weighted by Crippen LogP contribution is 2.20. The van der Waals surface area contributed by atoms with Crippen LogP contribution in [0.3, 0.4) is 0 Å². The molecule has 1 rings (SSSR count).